The summed E-state index contributed by atoms with van der Waals surface area (Å²) in [6.45, 7) is 3.42. The van der Waals surface area contributed by atoms with Crippen molar-refractivity contribution in [2.24, 2.45) is 0 Å². The van der Waals surface area contributed by atoms with Crippen molar-refractivity contribution in [2.75, 3.05) is 0 Å². The minimum absolute atomic E-state index is 0.0810. The van der Waals surface area contributed by atoms with Crippen LogP contribution in [-0.2, 0) is 4.79 Å². The van der Waals surface area contributed by atoms with Gasteiger partial charge in [-0.15, -0.1) is 0 Å². The van der Waals surface area contributed by atoms with E-state index >= 15 is 0 Å². The number of para-hydroxylation sites is 1. The van der Waals surface area contributed by atoms with Gasteiger partial charge in [0.25, 0.3) is 0 Å². The molecule has 0 saturated carbocycles. The number of ketones is 1. The molecule has 2 aromatic heterocycles. The molecule has 0 aliphatic carbocycles. The van der Waals surface area contributed by atoms with Gasteiger partial charge in [-0.2, -0.15) is 5.10 Å². The number of benzene rings is 1. The Morgan fingerprint density at radius 2 is 1.95 bits per heavy atom. The van der Waals surface area contributed by atoms with Gasteiger partial charge in [0.1, 0.15) is 12.1 Å². The average Bonchev–Trinajstić information content (AvgIpc) is 2.91. The lowest BCUT2D eigenvalue weighted by atomic mass is 10.0. The van der Waals surface area contributed by atoms with Crippen LogP contribution < -0.4 is 0 Å². The van der Waals surface area contributed by atoms with Crippen LogP contribution in [0.15, 0.2) is 42.9 Å². The van der Waals surface area contributed by atoms with Gasteiger partial charge in [-0.25, -0.2) is 14.6 Å². The van der Waals surface area contributed by atoms with E-state index in [1.165, 1.54) is 6.33 Å². The summed E-state index contributed by atoms with van der Waals surface area (Å²) in [5, 5.41) is 5.19. The number of hydrogen-bond donors (Lipinski definition) is 0. The molecular formula is C15H14N4O. The minimum Gasteiger partial charge on any atom is -0.299 e. The van der Waals surface area contributed by atoms with Gasteiger partial charge in [-0.1, -0.05) is 18.2 Å². The lowest BCUT2D eigenvalue weighted by Gasteiger charge is -2.08. The summed E-state index contributed by atoms with van der Waals surface area (Å²) in [7, 11) is 0. The van der Waals surface area contributed by atoms with Crippen molar-refractivity contribution in [1.82, 2.24) is 19.7 Å². The predicted octanol–water partition coefficient (Wildman–Crippen LogP) is 2.51. The molecule has 5 nitrogen and oxygen atoms in total. The second kappa shape index (κ2) is 4.85. The smallest absolute Gasteiger partial charge is 0.166 e. The van der Waals surface area contributed by atoms with Crippen LogP contribution in [0.2, 0.25) is 0 Å². The third-order valence-electron chi connectivity index (χ3n) is 3.42. The summed E-state index contributed by atoms with van der Waals surface area (Å²) >= 11 is 0. The summed E-state index contributed by atoms with van der Waals surface area (Å²) < 4.78 is 1.76. The van der Waals surface area contributed by atoms with Gasteiger partial charge in [0.05, 0.1) is 28.9 Å². The van der Waals surface area contributed by atoms with E-state index in [0.717, 1.165) is 16.8 Å². The second-order valence-corrected chi connectivity index (χ2v) is 4.72. The van der Waals surface area contributed by atoms with Crippen LogP contribution in [0.25, 0.3) is 16.7 Å². The van der Waals surface area contributed by atoms with Crippen LogP contribution >= 0.6 is 0 Å². The molecule has 2 heterocycles. The number of carbonyl (C=O) groups is 1. The molecule has 20 heavy (non-hydrogen) atoms. The first kappa shape index (κ1) is 12.5. The summed E-state index contributed by atoms with van der Waals surface area (Å²) in [5.41, 5.74) is 2.38. The first-order valence-corrected chi connectivity index (χ1v) is 6.43. The quantitative estimate of drug-likeness (QED) is 0.730. The molecule has 5 heteroatoms. The molecule has 0 fully saturated rings. The van der Waals surface area contributed by atoms with Crippen molar-refractivity contribution in [3.05, 3.63) is 48.5 Å². The SMILES string of the molecule is CC(=O)C(C)c1ncnc2c1cnn2-c1ccccc1. The normalized spacial score (nSPS) is 12.5. The average molecular weight is 266 g/mol. The Bertz CT molecular complexity index is 764. The number of aromatic nitrogens is 4. The lowest BCUT2D eigenvalue weighted by Crippen LogP contribution is -2.07. The summed E-state index contributed by atoms with van der Waals surface area (Å²) in [5.74, 6) is -0.175. The zero-order chi connectivity index (χ0) is 14.1. The van der Waals surface area contributed by atoms with E-state index in [0.29, 0.717) is 5.65 Å². The van der Waals surface area contributed by atoms with Crippen LogP contribution in [0, 0.1) is 0 Å². The van der Waals surface area contributed by atoms with E-state index in [1.807, 2.05) is 37.3 Å². The Morgan fingerprint density at radius 3 is 2.65 bits per heavy atom. The topological polar surface area (TPSA) is 60.7 Å². The number of hydrogen-bond acceptors (Lipinski definition) is 4. The Morgan fingerprint density at radius 1 is 1.20 bits per heavy atom. The van der Waals surface area contributed by atoms with Crippen molar-refractivity contribution in [1.29, 1.82) is 0 Å². The van der Waals surface area contributed by atoms with E-state index in [-0.39, 0.29) is 11.7 Å². The third kappa shape index (κ3) is 1.97. The first-order chi connectivity index (χ1) is 9.68. The molecule has 0 N–H and O–H groups in total. The van der Waals surface area contributed by atoms with E-state index in [4.69, 9.17) is 0 Å². The molecule has 0 aliphatic rings. The number of fused-ring (bicyclic) bond motifs is 1. The first-order valence-electron chi connectivity index (χ1n) is 6.43. The van der Waals surface area contributed by atoms with Gasteiger partial charge in [0, 0.05) is 0 Å². The zero-order valence-electron chi connectivity index (χ0n) is 11.3. The molecule has 0 saturated heterocycles. The van der Waals surface area contributed by atoms with E-state index in [1.54, 1.807) is 17.8 Å². The standard InChI is InChI=1S/C15H14N4O/c1-10(11(2)20)14-13-8-18-19(15(13)17-9-16-14)12-6-4-3-5-7-12/h3-10H,1-2H3. The minimum atomic E-state index is -0.256. The number of carbonyl (C=O) groups excluding carboxylic acids is 1. The largest absolute Gasteiger partial charge is 0.299 e. The highest BCUT2D eigenvalue weighted by molar-refractivity contribution is 5.88. The fourth-order valence-corrected chi connectivity index (χ4v) is 2.16. The van der Waals surface area contributed by atoms with Crippen molar-refractivity contribution in [3.63, 3.8) is 0 Å². The fraction of sp³-hybridized carbons (Fsp3) is 0.200. The van der Waals surface area contributed by atoms with Gasteiger partial charge in [0.15, 0.2) is 5.65 Å². The molecule has 1 aromatic carbocycles. The maximum atomic E-state index is 11.6. The Hall–Kier alpha value is -2.56. The van der Waals surface area contributed by atoms with Crippen molar-refractivity contribution < 1.29 is 4.79 Å². The van der Waals surface area contributed by atoms with Crippen molar-refractivity contribution >= 4 is 16.8 Å². The van der Waals surface area contributed by atoms with Crippen LogP contribution in [0.1, 0.15) is 25.5 Å². The van der Waals surface area contributed by atoms with Gasteiger partial charge in [-0.05, 0) is 26.0 Å². The van der Waals surface area contributed by atoms with Gasteiger partial charge in [0.2, 0.25) is 0 Å². The van der Waals surface area contributed by atoms with Gasteiger partial charge >= 0.3 is 0 Å². The second-order valence-electron chi connectivity index (χ2n) is 4.72. The Kier molecular flexibility index (Phi) is 3.02. The van der Waals surface area contributed by atoms with Crippen molar-refractivity contribution in [3.8, 4) is 5.69 Å². The molecule has 1 unspecified atom stereocenters. The number of rotatable bonds is 3. The summed E-state index contributed by atoms with van der Waals surface area (Å²) in [6, 6.07) is 9.77. The van der Waals surface area contributed by atoms with Crippen LogP contribution in [0.5, 0.6) is 0 Å². The van der Waals surface area contributed by atoms with Crippen LogP contribution in [-0.4, -0.2) is 25.5 Å². The molecule has 0 spiro atoms. The van der Waals surface area contributed by atoms with Gasteiger partial charge in [-0.3, -0.25) is 4.79 Å². The molecule has 0 bridgehead atoms. The number of nitrogens with zero attached hydrogens (tertiary/aromatic N) is 4. The molecule has 3 aromatic rings. The molecular weight excluding hydrogens is 252 g/mol. The Labute approximate surface area is 116 Å². The highest BCUT2D eigenvalue weighted by Crippen LogP contribution is 2.24. The zero-order valence-corrected chi connectivity index (χ0v) is 11.3. The molecule has 3 rings (SSSR count). The molecule has 0 radical (unpaired) electrons. The molecule has 0 aliphatic heterocycles. The van der Waals surface area contributed by atoms with E-state index in [9.17, 15) is 4.79 Å². The van der Waals surface area contributed by atoms with Crippen LogP contribution in [0.3, 0.4) is 0 Å². The fourth-order valence-electron chi connectivity index (χ4n) is 2.16. The molecule has 100 valence electrons. The predicted molar refractivity (Wildman–Crippen MR) is 75.8 cm³/mol. The summed E-state index contributed by atoms with van der Waals surface area (Å²) in [6.07, 6.45) is 3.20. The lowest BCUT2D eigenvalue weighted by molar-refractivity contribution is -0.118. The molecule has 1 atom stereocenters. The van der Waals surface area contributed by atoms with Crippen LogP contribution in [0.4, 0.5) is 0 Å². The maximum Gasteiger partial charge on any atom is 0.166 e. The maximum absolute atomic E-state index is 11.6. The van der Waals surface area contributed by atoms with E-state index < -0.39 is 0 Å². The highest BCUT2D eigenvalue weighted by atomic mass is 16.1. The van der Waals surface area contributed by atoms with Crippen molar-refractivity contribution in [2.45, 2.75) is 19.8 Å². The third-order valence-corrected chi connectivity index (χ3v) is 3.42. The highest BCUT2D eigenvalue weighted by Gasteiger charge is 2.18. The van der Waals surface area contributed by atoms with E-state index in [2.05, 4.69) is 15.1 Å². The van der Waals surface area contributed by atoms with Gasteiger partial charge < -0.3 is 0 Å². The molecule has 0 amide bonds. The Balaban J connectivity index is 2.20. The summed E-state index contributed by atoms with van der Waals surface area (Å²) in [4.78, 5) is 20.1. The number of Topliss-reactive ketones (excluding diaryl/α,β-unsaturated/α-hetero) is 1. The monoisotopic (exact) mass is 266 g/mol.